The lowest BCUT2D eigenvalue weighted by atomic mass is 9.48. The molecule has 128 valence electrons. The van der Waals surface area contributed by atoms with E-state index in [1.54, 1.807) is 0 Å². The Labute approximate surface area is 140 Å². The Hall–Kier alpha value is -0.630. The van der Waals surface area contributed by atoms with Gasteiger partial charge in [-0.2, -0.15) is 0 Å². The van der Waals surface area contributed by atoms with E-state index in [9.17, 15) is 9.90 Å². The zero-order valence-electron chi connectivity index (χ0n) is 14.9. The van der Waals surface area contributed by atoms with Gasteiger partial charge in [-0.1, -0.05) is 19.4 Å². The van der Waals surface area contributed by atoms with Gasteiger partial charge in [-0.05, 0) is 92.4 Å². The number of aliphatic hydroxyl groups is 1. The summed E-state index contributed by atoms with van der Waals surface area (Å²) >= 11 is 0. The van der Waals surface area contributed by atoms with Gasteiger partial charge in [-0.15, -0.1) is 0 Å². The molecule has 0 aromatic carbocycles. The Morgan fingerprint density at radius 2 is 2.04 bits per heavy atom. The molecule has 0 aliphatic heterocycles. The standard InChI is InChI=1S/C21H32O2/c1-12-10-14-11-15(23)4-5-16(14)17-8-9-21(3)18(13(2)22)6-7-19(21)20(12)17/h11-13,16-20,22H,4-10H2,1-3H3/t12-,13-,16+,17-,18-,19-,20-,21-/m1/s1. The van der Waals surface area contributed by atoms with E-state index in [1.807, 2.05) is 13.0 Å². The second kappa shape index (κ2) is 5.44. The van der Waals surface area contributed by atoms with Gasteiger partial charge in [0.05, 0.1) is 6.10 Å². The van der Waals surface area contributed by atoms with Gasteiger partial charge in [0.15, 0.2) is 5.78 Å². The minimum Gasteiger partial charge on any atom is -0.393 e. The molecule has 3 fully saturated rings. The first kappa shape index (κ1) is 15.9. The molecule has 0 bridgehead atoms. The van der Waals surface area contributed by atoms with Crippen LogP contribution in [-0.4, -0.2) is 17.0 Å². The highest BCUT2D eigenvalue weighted by Crippen LogP contribution is 2.65. The third-order valence-electron chi connectivity index (χ3n) is 8.30. The first-order chi connectivity index (χ1) is 10.9. The van der Waals surface area contributed by atoms with Crippen molar-refractivity contribution < 1.29 is 9.90 Å². The lowest BCUT2D eigenvalue weighted by molar-refractivity contribution is -0.116. The lowest BCUT2D eigenvalue weighted by Gasteiger charge is -2.56. The smallest absolute Gasteiger partial charge is 0.155 e. The van der Waals surface area contributed by atoms with Crippen LogP contribution in [0, 0.1) is 40.9 Å². The van der Waals surface area contributed by atoms with E-state index in [0.717, 1.165) is 37.0 Å². The van der Waals surface area contributed by atoms with Gasteiger partial charge in [0.25, 0.3) is 0 Å². The number of aliphatic hydroxyl groups excluding tert-OH is 1. The molecule has 0 radical (unpaired) electrons. The summed E-state index contributed by atoms with van der Waals surface area (Å²) in [5.41, 5.74) is 1.82. The van der Waals surface area contributed by atoms with E-state index in [1.165, 1.54) is 31.3 Å². The summed E-state index contributed by atoms with van der Waals surface area (Å²) in [4.78, 5) is 11.8. The predicted molar refractivity (Wildman–Crippen MR) is 91.8 cm³/mol. The van der Waals surface area contributed by atoms with E-state index < -0.39 is 0 Å². The third kappa shape index (κ3) is 2.27. The normalized spacial score (nSPS) is 50.6. The number of carbonyl (C=O) groups is 1. The van der Waals surface area contributed by atoms with Crippen molar-refractivity contribution in [1.29, 1.82) is 0 Å². The highest BCUT2D eigenvalue weighted by molar-refractivity contribution is 5.91. The van der Waals surface area contributed by atoms with Crippen molar-refractivity contribution in [1.82, 2.24) is 0 Å². The van der Waals surface area contributed by atoms with Crippen LogP contribution in [0.1, 0.15) is 65.7 Å². The fourth-order valence-electron chi connectivity index (χ4n) is 7.42. The topological polar surface area (TPSA) is 37.3 Å². The highest BCUT2D eigenvalue weighted by atomic mass is 16.3. The molecule has 1 N–H and O–H groups in total. The fourth-order valence-corrected chi connectivity index (χ4v) is 7.42. The average Bonchev–Trinajstić information content (AvgIpc) is 2.84. The van der Waals surface area contributed by atoms with Crippen molar-refractivity contribution in [3.05, 3.63) is 11.6 Å². The highest BCUT2D eigenvalue weighted by Gasteiger charge is 2.58. The van der Waals surface area contributed by atoms with Gasteiger partial charge < -0.3 is 5.11 Å². The third-order valence-corrected chi connectivity index (χ3v) is 8.30. The molecule has 0 aromatic heterocycles. The number of allylic oxidation sites excluding steroid dienone is 1. The molecule has 23 heavy (non-hydrogen) atoms. The van der Waals surface area contributed by atoms with Crippen LogP contribution in [0.2, 0.25) is 0 Å². The van der Waals surface area contributed by atoms with Crippen LogP contribution in [-0.2, 0) is 4.79 Å². The van der Waals surface area contributed by atoms with Crippen molar-refractivity contribution in [2.45, 2.75) is 71.8 Å². The van der Waals surface area contributed by atoms with Gasteiger partial charge in [-0.25, -0.2) is 0 Å². The summed E-state index contributed by atoms with van der Waals surface area (Å²) in [5, 5.41) is 10.3. The van der Waals surface area contributed by atoms with Crippen LogP contribution in [0.5, 0.6) is 0 Å². The zero-order chi connectivity index (χ0) is 16.4. The van der Waals surface area contributed by atoms with Crippen molar-refractivity contribution in [3.63, 3.8) is 0 Å². The molecule has 3 saturated carbocycles. The Morgan fingerprint density at radius 3 is 2.78 bits per heavy atom. The summed E-state index contributed by atoms with van der Waals surface area (Å²) in [6.45, 7) is 6.90. The molecule has 0 amide bonds. The van der Waals surface area contributed by atoms with Crippen molar-refractivity contribution in [3.8, 4) is 0 Å². The van der Waals surface area contributed by atoms with Gasteiger partial charge in [0.2, 0.25) is 0 Å². The number of rotatable bonds is 1. The average molecular weight is 316 g/mol. The quantitative estimate of drug-likeness (QED) is 0.780. The molecule has 0 saturated heterocycles. The minimum absolute atomic E-state index is 0.164. The summed E-state index contributed by atoms with van der Waals surface area (Å²) in [7, 11) is 0. The van der Waals surface area contributed by atoms with E-state index in [2.05, 4.69) is 13.8 Å². The maximum absolute atomic E-state index is 11.8. The molecule has 4 aliphatic rings. The maximum atomic E-state index is 11.8. The predicted octanol–water partition coefficient (Wildman–Crippen LogP) is 4.37. The van der Waals surface area contributed by atoms with Gasteiger partial charge in [-0.3, -0.25) is 4.79 Å². The molecule has 8 atom stereocenters. The second-order valence-electron chi connectivity index (χ2n) is 9.33. The Kier molecular flexibility index (Phi) is 3.75. The van der Waals surface area contributed by atoms with Crippen molar-refractivity contribution in [2.24, 2.45) is 40.9 Å². The Bertz CT molecular complexity index is 534. The maximum Gasteiger partial charge on any atom is 0.155 e. The number of hydrogen-bond acceptors (Lipinski definition) is 2. The molecule has 4 aliphatic carbocycles. The summed E-state index contributed by atoms with van der Waals surface area (Å²) in [6.07, 6.45) is 9.95. The number of fused-ring (bicyclic) bond motifs is 5. The second-order valence-corrected chi connectivity index (χ2v) is 9.33. The van der Waals surface area contributed by atoms with Gasteiger partial charge in [0, 0.05) is 6.42 Å². The molecule has 0 aromatic rings. The van der Waals surface area contributed by atoms with E-state index in [0.29, 0.717) is 29.0 Å². The fraction of sp³-hybridized carbons (Fsp3) is 0.857. The molecule has 2 nitrogen and oxygen atoms in total. The number of carbonyl (C=O) groups excluding carboxylic acids is 1. The molecule has 0 unspecified atom stereocenters. The van der Waals surface area contributed by atoms with Crippen molar-refractivity contribution >= 4 is 5.78 Å². The van der Waals surface area contributed by atoms with Crippen molar-refractivity contribution in [2.75, 3.05) is 0 Å². The number of ketones is 1. The summed E-state index contributed by atoms with van der Waals surface area (Å²) in [5.74, 6) is 4.63. The molecule has 0 heterocycles. The Morgan fingerprint density at radius 1 is 1.26 bits per heavy atom. The molecular formula is C21H32O2. The van der Waals surface area contributed by atoms with Crippen LogP contribution >= 0.6 is 0 Å². The lowest BCUT2D eigenvalue weighted by Crippen LogP contribution is -2.50. The van der Waals surface area contributed by atoms with Crippen LogP contribution in [0.15, 0.2) is 11.6 Å². The van der Waals surface area contributed by atoms with E-state index in [-0.39, 0.29) is 6.10 Å². The van der Waals surface area contributed by atoms with Crippen LogP contribution in [0.25, 0.3) is 0 Å². The van der Waals surface area contributed by atoms with E-state index >= 15 is 0 Å². The van der Waals surface area contributed by atoms with Gasteiger partial charge in [0.1, 0.15) is 0 Å². The summed E-state index contributed by atoms with van der Waals surface area (Å²) < 4.78 is 0. The zero-order valence-corrected chi connectivity index (χ0v) is 14.9. The molecule has 0 spiro atoms. The first-order valence-corrected chi connectivity index (χ1v) is 9.83. The van der Waals surface area contributed by atoms with E-state index in [4.69, 9.17) is 0 Å². The number of hydrogen-bond donors (Lipinski definition) is 1. The largest absolute Gasteiger partial charge is 0.393 e. The van der Waals surface area contributed by atoms with Crippen LogP contribution in [0.3, 0.4) is 0 Å². The molecule has 2 heteroatoms. The Balaban J connectivity index is 1.65. The molecular weight excluding hydrogens is 284 g/mol. The minimum atomic E-state index is -0.164. The van der Waals surface area contributed by atoms with Crippen LogP contribution < -0.4 is 0 Å². The van der Waals surface area contributed by atoms with Gasteiger partial charge >= 0.3 is 0 Å². The SMILES string of the molecule is C[C@@H]1CC2=CC(=O)CC[C@@H]2[C@H]2CC[C@@]3(C)[C@H](CC[C@@H]3[C@@H](C)O)[C@@H]21. The van der Waals surface area contributed by atoms with Crippen LogP contribution in [0.4, 0.5) is 0 Å². The molecule has 4 rings (SSSR count). The monoisotopic (exact) mass is 316 g/mol. The summed E-state index contributed by atoms with van der Waals surface area (Å²) in [6, 6.07) is 0. The first-order valence-electron chi connectivity index (χ1n) is 9.83.